The van der Waals surface area contributed by atoms with Gasteiger partial charge < -0.3 is 15.4 Å². The Balaban J connectivity index is 1.25. The van der Waals surface area contributed by atoms with Crippen LogP contribution in [0.25, 0.3) is 5.82 Å². The molecule has 3 aromatic rings. The Bertz CT molecular complexity index is 1000. The van der Waals surface area contributed by atoms with Crippen molar-refractivity contribution in [3.05, 3.63) is 71.7 Å². The molecule has 2 aromatic heterocycles. The number of benzene rings is 1. The largest absolute Gasteiger partial charge is 0.374 e. The number of morpholine rings is 1. The van der Waals surface area contributed by atoms with Crippen LogP contribution in [0.1, 0.15) is 17.0 Å². The van der Waals surface area contributed by atoms with Gasteiger partial charge in [-0.3, -0.25) is 4.90 Å². The van der Waals surface area contributed by atoms with Crippen LogP contribution >= 0.6 is 0 Å². The van der Waals surface area contributed by atoms with Crippen molar-refractivity contribution in [3.63, 3.8) is 0 Å². The third kappa shape index (κ3) is 5.68. The summed E-state index contributed by atoms with van der Waals surface area (Å²) < 4.78 is 7.60. The number of pyridine rings is 1. The van der Waals surface area contributed by atoms with Gasteiger partial charge in [-0.25, -0.2) is 14.5 Å². The molecule has 0 aliphatic carbocycles. The highest BCUT2D eigenvalue weighted by molar-refractivity contribution is 5.89. The van der Waals surface area contributed by atoms with E-state index in [0.717, 1.165) is 31.0 Å². The van der Waals surface area contributed by atoms with Gasteiger partial charge in [0.05, 0.1) is 30.3 Å². The Morgan fingerprint density at radius 1 is 1.19 bits per heavy atom. The minimum absolute atomic E-state index is 0.0326. The topological polar surface area (TPSA) is 84.3 Å². The third-order valence-corrected chi connectivity index (χ3v) is 5.19. The van der Waals surface area contributed by atoms with E-state index < -0.39 is 0 Å². The van der Waals surface area contributed by atoms with Crippen molar-refractivity contribution in [1.29, 1.82) is 0 Å². The van der Waals surface area contributed by atoms with Gasteiger partial charge in [-0.05, 0) is 37.6 Å². The molecule has 4 rings (SSSR count). The number of amides is 2. The first-order valence-corrected chi connectivity index (χ1v) is 10.5. The van der Waals surface area contributed by atoms with E-state index >= 15 is 0 Å². The van der Waals surface area contributed by atoms with Crippen LogP contribution in [0.15, 0.2) is 54.7 Å². The molecule has 2 amide bonds. The van der Waals surface area contributed by atoms with Crippen molar-refractivity contribution in [2.24, 2.45) is 0 Å². The molecule has 1 fully saturated rings. The predicted molar refractivity (Wildman–Crippen MR) is 119 cm³/mol. The molecular weight excluding hydrogens is 392 g/mol. The van der Waals surface area contributed by atoms with E-state index in [2.05, 4.69) is 49.9 Å². The second-order valence-electron chi connectivity index (χ2n) is 7.79. The van der Waals surface area contributed by atoms with Crippen molar-refractivity contribution >= 4 is 11.7 Å². The number of rotatable bonds is 6. The normalized spacial score (nSPS) is 16.8. The van der Waals surface area contributed by atoms with Crippen molar-refractivity contribution < 1.29 is 9.53 Å². The maximum atomic E-state index is 12.3. The number of nitrogens with one attached hydrogen (secondary N) is 2. The number of urea groups is 1. The summed E-state index contributed by atoms with van der Waals surface area (Å²) in [6, 6.07) is 15.8. The Morgan fingerprint density at radius 2 is 2.03 bits per heavy atom. The van der Waals surface area contributed by atoms with Crippen molar-refractivity contribution in [1.82, 2.24) is 25.0 Å². The SMILES string of the molecule is Cc1cc(C)n(-c2ccc(NC(=O)NCC3CN(Cc4ccccc4)CCO3)cn2)n1. The zero-order chi connectivity index (χ0) is 21.6. The maximum Gasteiger partial charge on any atom is 0.319 e. The second-order valence-corrected chi connectivity index (χ2v) is 7.79. The van der Waals surface area contributed by atoms with Crippen LogP contribution in [0.5, 0.6) is 0 Å². The molecule has 1 aliphatic heterocycles. The van der Waals surface area contributed by atoms with Crippen molar-refractivity contribution in [3.8, 4) is 5.82 Å². The van der Waals surface area contributed by atoms with Gasteiger partial charge in [0, 0.05) is 31.9 Å². The van der Waals surface area contributed by atoms with Gasteiger partial charge in [0.1, 0.15) is 0 Å². The number of hydrogen-bond acceptors (Lipinski definition) is 5. The van der Waals surface area contributed by atoms with Gasteiger partial charge in [0.25, 0.3) is 0 Å². The molecule has 1 saturated heterocycles. The molecule has 8 nitrogen and oxygen atoms in total. The van der Waals surface area contributed by atoms with E-state index in [9.17, 15) is 4.79 Å². The van der Waals surface area contributed by atoms with Gasteiger partial charge >= 0.3 is 6.03 Å². The van der Waals surface area contributed by atoms with E-state index in [1.807, 2.05) is 38.1 Å². The second kappa shape index (κ2) is 9.72. The van der Waals surface area contributed by atoms with Crippen LogP contribution in [0.4, 0.5) is 10.5 Å². The zero-order valence-corrected chi connectivity index (χ0v) is 17.9. The summed E-state index contributed by atoms with van der Waals surface area (Å²) in [4.78, 5) is 19.1. The Kier molecular flexibility index (Phi) is 6.59. The van der Waals surface area contributed by atoms with E-state index in [0.29, 0.717) is 24.7 Å². The summed E-state index contributed by atoms with van der Waals surface area (Å²) in [5.74, 6) is 0.714. The minimum Gasteiger partial charge on any atom is -0.374 e. The van der Waals surface area contributed by atoms with E-state index in [-0.39, 0.29) is 12.1 Å². The lowest BCUT2D eigenvalue weighted by atomic mass is 10.2. The molecule has 1 atom stereocenters. The van der Waals surface area contributed by atoms with E-state index in [4.69, 9.17) is 4.74 Å². The van der Waals surface area contributed by atoms with E-state index in [1.165, 1.54) is 5.56 Å². The van der Waals surface area contributed by atoms with E-state index in [1.54, 1.807) is 10.9 Å². The first-order chi connectivity index (χ1) is 15.1. The summed E-state index contributed by atoms with van der Waals surface area (Å²) >= 11 is 0. The predicted octanol–water partition coefficient (Wildman–Crippen LogP) is 2.91. The highest BCUT2D eigenvalue weighted by Crippen LogP contribution is 2.13. The highest BCUT2D eigenvalue weighted by atomic mass is 16.5. The summed E-state index contributed by atoms with van der Waals surface area (Å²) in [6.07, 6.45) is 1.60. The molecule has 31 heavy (non-hydrogen) atoms. The molecule has 0 saturated carbocycles. The first-order valence-electron chi connectivity index (χ1n) is 10.5. The molecule has 2 N–H and O–H groups in total. The summed E-state index contributed by atoms with van der Waals surface area (Å²) in [6.45, 7) is 7.61. The molecule has 162 valence electrons. The Labute approximate surface area is 182 Å². The van der Waals surface area contributed by atoms with Crippen molar-refractivity contribution in [2.45, 2.75) is 26.5 Å². The standard InChI is InChI=1S/C23H28N6O2/c1-17-12-18(2)29(27-17)22-9-8-20(13-24-22)26-23(30)25-14-21-16-28(10-11-31-21)15-19-6-4-3-5-7-19/h3-9,12-13,21H,10-11,14-16H2,1-2H3,(H2,25,26,30). The third-order valence-electron chi connectivity index (χ3n) is 5.19. The van der Waals surface area contributed by atoms with Crippen LogP contribution in [0.2, 0.25) is 0 Å². The van der Waals surface area contributed by atoms with Gasteiger partial charge in [0.15, 0.2) is 5.82 Å². The van der Waals surface area contributed by atoms with Crippen LogP contribution in [-0.4, -0.2) is 58.0 Å². The lowest BCUT2D eigenvalue weighted by Gasteiger charge is -2.33. The number of anilines is 1. The fraction of sp³-hybridized carbons (Fsp3) is 0.348. The maximum absolute atomic E-state index is 12.3. The summed E-state index contributed by atoms with van der Waals surface area (Å²) in [5, 5.41) is 10.1. The number of hydrogen-bond donors (Lipinski definition) is 2. The fourth-order valence-electron chi connectivity index (χ4n) is 3.72. The van der Waals surface area contributed by atoms with Crippen LogP contribution < -0.4 is 10.6 Å². The quantitative estimate of drug-likeness (QED) is 0.641. The number of aromatic nitrogens is 3. The lowest BCUT2D eigenvalue weighted by Crippen LogP contribution is -2.47. The van der Waals surface area contributed by atoms with Gasteiger partial charge in [-0.2, -0.15) is 5.10 Å². The number of nitrogens with zero attached hydrogens (tertiary/aromatic N) is 4. The number of carbonyl (C=O) groups excluding carboxylic acids is 1. The lowest BCUT2D eigenvalue weighted by molar-refractivity contribution is -0.0285. The minimum atomic E-state index is -0.274. The summed E-state index contributed by atoms with van der Waals surface area (Å²) in [5.41, 5.74) is 3.86. The molecule has 1 unspecified atom stereocenters. The summed E-state index contributed by atoms with van der Waals surface area (Å²) in [7, 11) is 0. The average molecular weight is 421 g/mol. The molecule has 0 spiro atoms. The monoisotopic (exact) mass is 420 g/mol. The number of aryl methyl sites for hydroxylation is 2. The van der Waals surface area contributed by atoms with Crippen LogP contribution in [0, 0.1) is 13.8 Å². The van der Waals surface area contributed by atoms with Crippen LogP contribution in [0.3, 0.4) is 0 Å². The zero-order valence-electron chi connectivity index (χ0n) is 17.9. The van der Waals surface area contributed by atoms with Gasteiger partial charge in [-0.1, -0.05) is 30.3 Å². The number of carbonyl (C=O) groups is 1. The van der Waals surface area contributed by atoms with Crippen molar-refractivity contribution in [2.75, 3.05) is 31.6 Å². The van der Waals surface area contributed by atoms with Gasteiger partial charge in [0.2, 0.25) is 0 Å². The molecule has 1 aliphatic rings. The number of ether oxygens (including phenoxy) is 1. The Morgan fingerprint density at radius 3 is 2.74 bits per heavy atom. The van der Waals surface area contributed by atoms with Gasteiger partial charge in [-0.15, -0.1) is 0 Å². The van der Waals surface area contributed by atoms with Crippen LogP contribution in [-0.2, 0) is 11.3 Å². The molecular formula is C23H28N6O2. The first kappa shape index (κ1) is 21.0. The Hall–Kier alpha value is -3.23. The average Bonchev–Trinajstić information content (AvgIpc) is 3.12. The molecule has 0 bridgehead atoms. The fourth-order valence-corrected chi connectivity index (χ4v) is 3.72. The molecule has 0 radical (unpaired) electrons. The highest BCUT2D eigenvalue weighted by Gasteiger charge is 2.21. The molecule has 1 aromatic carbocycles. The molecule has 8 heteroatoms. The smallest absolute Gasteiger partial charge is 0.319 e. The molecule has 3 heterocycles.